The Labute approximate surface area is 101 Å². The summed E-state index contributed by atoms with van der Waals surface area (Å²) >= 11 is 0. The number of aromatic nitrogens is 2. The molecule has 0 saturated carbocycles. The molecule has 2 aliphatic rings. The Morgan fingerprint density at radius 3 is 1.82 bits per heavy atom. The van der Waals surface area contributed by atoms with Gasteiger partial charge in [-0.3, -0.25) is 0 Å². The fraction of sp³-hybridized carbons (Fsp3) is 0.333. The van der Waals surface area contributed by atoms with Gasteiger partial charge in [-0.05, 0) is 12.1 Å². The van der Waals surface area contributed by atoms with Crippen molar-refractivity contribution in [3.63, 3.8) is 0 Å². The lowest BCUT2D eigenvalue weighted by Crippen LogP contribution is -2.52. The maximum absolute atomic E-state index is 2.41. The Morgan fingerprint density at radius 2 is 1.35 bits per heavy atom. The molecule has 0 atom stereocenters. The van der Waals surface area contributed by atoms with Crippen LogP contribution in [0.1, 0.15) is 25.0 Å². The third kappa shape index (κ3) is 0.967. The Kier molecular flexibility index (Phi) is 1.51. The van der Waals surface area contributed by atoms with Crippen LogP contribution in [0.4, 0.5) is 0 Å². The minimum atomic E-state index is 0.140. The average molecular weight is 224 g/mol. The molecule has 0 amide bonds. The third-order valence-corrected chi connectivity index (χ3v) is 4.30. The molecular formula is C15H16N2+2. The van der Waals surface area contributed by atoms with Crippen molar-refractivity contribution in [2.24, 2.45) is 0 Å². The third-order valence-electron chi connectivity index (χ3n) is 4.30. The summed E-state index contributed by atoms with van der Waals surface area (Å²) in [6, 6.07) is 8.92. The van der Waals surface area contributed by atoms with Crippen molar-refractivity contribution < 1.29 is 9.13 Å². The second-order valence-electron chi connectivity index (χ2n) is 5.55. The van der Waals surface area contributed by atoms with E-state index in [4.69, 9.17) is 0 Å². The maximum atomic E-state index is 2.41. The molecule has 17 heavy (non-hydrogen) atoms. The Balaban J connectivity index is 2.23. The lowest BCUT2D eigenvalue weighted by Gasteiger charge is -2.17. The van der Waals surface area contributed by atoms with Gasteiger partial charge in [-0.2, -0.15) is 9.13 Å². The number of nitrogens with zero attached hydrogens (tertiary/aromatic N) is 2. The van der Waals surface area contributed by atoms with Crippen molar-refractivity contribution in [1.82, 2.24) is 0 Å². The van der Waals surface area contributed by atoms with E-state index >= 15 is 0 Å². The number of rotatable bonds is 0. The summed E-state index contributed by atoms with van der Waals surface area (Å²) < 4.78 is 4.81. The highest BCUT2D eigenvalue weighted by Crippen LogP contribution is 2.45. The predicted molar refractivity (Wildman–Crippen MR) is 64.4 cm³/mol. The zero-order chi connectivity index (χ0) is 11.6. The number of pyridine rings is 2. The molecule has 4 rings (SSSR count). The zero-order valence-electron chi connectivity index (χ0n) is 10.3. The van der Waals surface area contributed by atoms with Crippen LogP contribution in [0.3, 0.4) is 0 Å². The first-order chi connectivity index (χ1) is 8.19. The molecule has 2 nitrogen and oxygen atoms in total. The zero-order valence-corrected chi connectivity index (χ0v) is 10.3. The number of hydrogen-bond donors (Lipinski definition) is 0. The molecule has 0 aromatic carbocycles. The topological polar surface area (TPSA) is 7.76 Å². The van der Waals surface area contributed by atoms with Gasteiger partial charge in [0.25, 0.3) is 11.4 Å². The smallest absolute Gasteiger partial charge is 0.186 e. The molecule has 2 aromatic heterocycles. The molecule has 0 bridgehead atoms. The summed E-state index contributed by atoms with van der Waals surface area (Å²) in [5.41, 5.74) is 5.93. The van der Waals surface area contributed by atoms with E-state index in [1.807, 2.05) is 0 Å². The standard InChI is InChI=1S/C15H16N2/c1-15(2)11-5-3-7-16-9-10-17-8-4-6-12(15)14(17)13(11)16/h3-8H,9-10H2,1-2H3/q+2. The van der Waals surface area contributed by atoms with Crippen molar-refractivity contribution in [2.45, 2.75) is 32.4 Å². The van der Waals surface area contributed by atoms with Crippen molar-refractivity contribution in [3.8, 4) is 11.4 Å². The minimum absolute atomic E-state index is 0.140. The van der Waals surface area contributed by atoms with Crippen molar-refractivity contribution in [3.05, 3.63) is 47.8 Å². The second-order valence-corrected chi connectivity index (χ2v) is 5.55. The molecule has 0 fully saturated rings. The summed E-state index contributed by atoms with van der Waals surface area (Å²) in [7, 11) is 0. The SMILES string of the molecule is CC1(C)c2ccc[n+]3c2-c2c1ccc[n+]2CC3. The molecule has 84 valence electrons. The van der Waals surface area contributed by atoms with Gasteiger partial charge >= 0.3 is 0 Å². The van der Waals surface area contributed by atoms with E-state index < -0.39 is 0 Å². The predicted octanol–water partition coefficient (Wildman–Crippen LogP) is 1.58. The van der Waals surface area contributed by atoms with Crippen LogP contribution in [0.2, 0.25) is 0 Å². The lowest BCUT2D eigenvalue weighted by atomic mass is 9.83. The Bertz CT molecular complexity index is 586. The number of hydrogen-bond acceptors (Lipinski definition) is 0. The monoisotopic (exact) mass is 224 g/mol. The fourth-order valence-electron chi connectivity index (χ4n) is 3.37. The second kappa shape index (κ2) is 2.76. The quantitative estimate of drug-likeness (QED) is 0.600. The van der Waals surface area contributed by atoms with Gasteiger partial charge in [-0.1, -0.05) is 13.8 Å². The van der Waals surface area contributed by atoms with Gasteiger partial charge in [0.15, 0.2) is 12.4 Å². The summed E-state index contributed by atoms with van der Waals surface area (Å²) in [6.45, 7) is 6.83. The summed E-state index contributed by atoms with van der Waals surface area (Å²) in [5, 5.41) is 0. The van der Waals surface area contributed by atoms with Crippen LogP contribution in [0.15, 0.2) is 36.7 Å². The first kappa shape index (κ1) is 9.34. The van der Waals surface area contributed by atoms with Crippen molar-refractivity contribution >= 4 is 0 Å². The van der Waals surface area contributed by atoms with E-state index in [0.29, 0.717) is 0 Å². The van der Waals surface area contributed by atoms with Gasteiger partial charge in [0.05, 0.1) is 0 Å². The van der Waals surface area contributed by atoms with Crippen molar-refractivity contribution in [2.75, 3.05) is 0 Å². The van der Waals surface area contributed by atoms with E-state index in [0.717, 1.165) is 13.1 Å². The van der Waals surface area contributed by atoms with Crippen LogP contribution in [0, 0.1) is 0 Å². The summed E-state index contributed by atoms with van der Waals surface area (Å²) in [4.78, 5) is 0. The molecule has 3 heterocycles. The number of aryl methyl sites for hydroxylation is 2. The molecule has 1 aliphatic heterocycles. The van der Waals surface area contributed by atoms with Crippen LogP contribution in [-0.2, 0) is 18.5 Å². The molecule has 2 aromatic rings. The van der Waals surface area contributed by atoms with Gasteiger partial charge in [-0.25, -0.2) is 0 Å². The maximum Gasteiger partial charge on any atom is 0.282 e. The minimum Gasteiger partial charge on any atom is -0.186 e. The van der Waals surface area contributed by atoms with Crippen LogP contribution < -0.4 is 9.13 Å². The molecule has 0 spiro atoms. The molecule has 0 radical (unpaired) electrons. The highest BCUT2D eigenvalue weighted by atomic mass is 15.1. The molecule has 2 heteroatoms. The molecule has 0 N–H and O–H groups in total. The largest absolute Gasteiger partial charge is 0.282 e. The normalized spacial score (nSPS) is 18.0. The fourth-order valence-corrected chi connectivity index (χ4v) is 3.37. The average Bonchev–Trinajstić information content (AvgIpc) is 2.59. The highest BCUT2D eigenvalue weighted by Gasteiger charge is 2.48. The first-order valence-electron chi connectivity index (χ1n) is 6.26. The van der Waals surface area contributed by atoms with Gasteiger partial charge in [0.2, 0.25) is 13.1 Å². The van der Waals surface area contributed by atoms with E-state index in [1.165, 1.54) is 22.5 Å². The first-order valence-corrected chi connectivity index (χ1v) is 6.26. The Morgan fingerprint density at radius 1 is 0.882 bits per heavy atom. The van der Waals surface area contributed by atoms with Crippen LogP contribution >= 0.6 is 0 Å². The van der Waals surface area contributed by atoms with Gasteiger partial charge in [0.1, 0.15) is 0 Å². The van der Waals surface area contributed by atoms with Crippen LogP contribution in [-0.4, -0.2) is 0 Å². The summed E-state index contributed by atoms with van der Waals surface area (Å²) in [5.74, 6) is 0. The highest BCUT2D eigenvalue weighted by molar-refractivity contribution is 5.70. The van der Waals surface area contributed by atoms with E-state index in [9.17, 15) is 0 Å². The summed E-state index contributed by atoms with van der Waals surface area (Å²) in [6.07, 6.45) is 4.42. The Hall–Kier alpha value is -1.70. The van der Waals surface area contributed by atoms with Crippen LogP contribution in [0.5, 0.6) is 0 Å². The molecule has 0 saturated heterocycles. The molecular weight excluding hydrogens is 208 g/mol. The van der Waals surface area contributed by atoms with E-state index in [1.54, 1.807) is 0 Å². The molecule has 0 unspecified atom stereocenters. The van der Waals surface area contributed by atoms with Crippen molar-refractivity contribution in [1.29, 1.82) is 0 Å². The van der Waals surface area contributed by atoms with E-state index in [2.05, 4.69) is 59.6 Å². The van der Waals surface area contributed by atoms with E-state index in [-0.39, 0.29) is 5.41 Å². The van der Waals surface area contributed by atoms with Gasteiger partial charge in [-0.15, -0.1) is 0 Å². The lowest BCUT2D eigenvalue weighted by molar-refractivity contribution is -0.794. The van der Waals surface area contributed by atoms with Gasteiger partial charge < -0.3 is 0 Å². The van der Waals surface area contributed by atoms with Gasteiger partial charge in [0, 0.05) is 28.7 Å². The molecule has 1 aliphatic carbocycles. The van der Waals surface area contributed by atoms with Crippen LogP contribution in [0.25, 0.3) is 11.4 Å².